The van der Waals surface area contributed by atoms with E-state index >= 15 is 0 Å². The SMILES string of the molecule is CC(N)Cc1cc(Br)ccc1OCc1cscn1. The summed E-state index contributed by atoms with van der Waals surface area (Å²) in [6, 6.07) is 6.11. The van der Waals surface area contributed by atoms with Crippen molar-refractivity contribution in [2.75, 3.05) is 0 Å². The summed E-state index contributed by atoms with van der Waals surface area (Å²) in [6.07, 6.45) is 0.797. The van der Waals surface area contributed by atoms with E-state index in [1.807, 2.05) is 29.9 Å². The number of hydrogen-bond acceptors (Lipinski definition) is 4. The zero-order valence-corrected chi connectivity index (χ0v) is 12.5. The molecule has 0 aliphatic carbocycles. The summed E-state index contributed by atoms with van der Waals surface area (Å²) in [4.78, 5) is 4.20. The zero-order chi connectivity index (χ0) is 13.0. The van der Waals surface area contributed by atoms with Crippen molar-refractivity contribution in [2.45, 2.75) is 26.0 Å². The number of rotatable bonds is 5. The Balaban J connectivity index is 2.10. The molecule has 1 aromatic heterocycles. The third-order valence-electron chi connectivity index (χ3n) is 2.42. The Morgan fingerprint density at radius 2 is 2.33 bits per heavy atom. The minimum absolute atomic E-state index is 0.112. The Labute approximate surface area is 119 Å². The summed E-state index contributed by atoms with van der Waals surface area (Å²) >= 11 is 5.04. The Hall–Kier alpha value is -0.910. The second kappa shape index (κ2) is 6.31. The molecule has 96 valence electrons. The lowest BCUT2D eigenvalue weighted by molar-refractivity contribution is 0.298. The first-order chi connectivity index (χ1) is 8.65. The van der Waals surface area contributed by atoms with Crippen LogP contribution in [0, 0.1) is 0 Å². The van der Waals surface area contributed by atoms with Gasteiger partial charge in [0.05, 0.1) is 11.2 Å². The lowest BCUT2D eigenvalue weighted by atomic mass is 10.1. The van der Waals surface area contributed by atoms with Gasteiger partial charge in [0.15, 0.2) is 0 Å². The number of nitrogens with zero attached hydrogens (tertiary/aromatic N) is 1. The van der Waals surface area contributed by atoms with Crippen LogP contribution in [-0.2, 0) is 13.0 Å². The van der Waals surface area contributed by atoms with Gasteiger partial charge < -0.3 is 10.5 Å². The number of hydrogen-bond donors (Lipinski definition) is 1. The quantitative estimate of drug-likeness (QED) is 0.916. The molecule has 0 spiro atoms. The third kappa shape index (κ3) is 3.80. The normalized spacial score (nSPS) is 12.4. The largest absolute Gasteiger partial charge is 0.487 e. The number of thiazole rings is 1. The Kier molecular flexibility index (Phi) is 4.74. The minimum Gasteiger partial charge on any atom is -0.487 e. The van der Waals surface area contributed by atoms with Crippen LogP contribution in [0.5, 0.6) is 5.75 Å². The summed E-state index contributed by atoms with van der Waals surface area (Å²) < 4.78 is 6.85. The molecule has 0 amide bonds. The topological polar surface area (TPSA) is 48.1 Å². The number of benzene rings is 1. The van der Waals surface area contributed by atoms with Crippen molar-refractivity contribution < 1.29 is 4.74 Å². The van der Waals surface area contributed by atoms with Gasteiger partial charge in [-0.3, -0.25) is 0 Å². The van der Waals surface area contributed by atoms with Crippen LogP contribution in [0.2, 0.25) is 0 Å². The van der Waals surface area contributed by atoms with Gasteiger partial charge in [0.25, 0.3) is 0 Å². The predicted octanol–water partition coefficient (Wildman–Crippen LogP) is 3.37. The Morgan fingerprint density at radius 1 is 1.50 bits per heavy atom. The van der Waals surface area contributed by atoms with Gasteiger partial charge in [-0.15, -0.1) is 11.3 Å². The molecule has 2 N–H and O–H groups in total. The summed E-state index contributed by atoms with van der Waals surface area (Å²) in [5, 5.41) is 1.99. The highest BCUT2D eigenvalue weighted by Gasteiger charge is 2.08. The van der Waals surface area contributed by atoms with E-state index in [4.69, 9.17) is 10.5 Å². The number of ether oxygens (including phenoxy) is 1. The van der Waals surface area contributed by atoms with E-state index in [9.17, 15) is 0 Å². The fraction of sp³-hybridized carbons (Fsp3) is 0.308. The lowest BCUT2D eigenvalue weighted by Crippen LogP contribution is -2.18. The van der Waals surface area contributed by atoms with Gasteiger partial charge in [0.1, 0.15) is 12.4 Å². The van der Waals surface area contributed by atoms with Gasteiger partial charge in [0.2, 0.25) is 0 Å². The molecule has 1 atom stereocenters. The van der Waals surface area contributed by atoms with Crippen molar-refractivity contribution in [3.05, 3.63) is 44.8 Å². The molecule has 0 saturated carbocycles. The van der Waals surface area contributed by atoms with Crippen molar-refractivity contribution in [2.24, 2.45) is 5.73 Å². The van der Waals surface area contributed by atoms with Crippen LogP contribution >= 0.6 is 27.3 Å². The molecular weight excluding hydrogens is 312 g/mol. The molecular formula is C13H15BrN2OS. The molecule has 2 rings (SSSR count). The molecule has 3 nitrogen and oxygen atoms in total. The summed E-state index contributed by atoms with van der Waals surface area (Å²) in [6.45, 7) is 2.49. The molecule has 2 aromatic rings. The predicted molar refractivity (Wildman–Crippen MR) is 77.9 cm³/mol. The van der Waals surface area contributed by atoms with Crippen molar-refractivity contribution in [3.8, 4) is 5.75 Å². The van der Waals surface area contributed by atoms with Gasteiger partial charge >= 0.3 is 0 Å². The van der Waals surface area contributed by atoms with Crippen LogP contribution in [0.4, 0.5) is 0 Å². The van der Waals surface area contributed by atoms with E-state index in [2.05, 4.69) is 27.0 Å². The maximum atomic E-state index is 5.85. The molecule has 18 heavy (non-hydrogen) atoms. The number of nitrogens with two attached hydrogens (primary N) is 1. The molecule has 1 heterocycles. The third-order valence-corrected chi connectivity index (χ3v) is 3.55. The average molecular weight is 327 g/mol. The molecule has 0 radical (unpaired) electrons. The highest BCUT2D eigenvalue weighted by Crippen LogP contribution is 2.25. The van der Waals surface area contributed by atoms with Crippen molar-refractivity contribution in [1.29, 1.82) is 0 Å². The summed E-state index contributed by atoms with van der Waals surface area (Å²) in [5.41, 5.74) is 9.73. The smallest absolute Gasteiger partial charge is 0.131 e. The summed E-state index contributed by atoms with van der Waals surface area (Å²) in [7, 11) is 0. The minimum atomic E-state index is 0.112. The monoisotopic (exact) mass is 326 g/mol. The first-order valence-corrected chi connectivity index (χ1v) is 7.42. The van der Waals surface area contributed by atoms with Gasteiger partial charge in [-0.1, -0.05) is 15.9 Å². The van der Waals surface area contributed by atoms with E-state index in [0.717, 1.165) is 27.9 Å². The zero-order valence-electron chi connectivity index (χ0n) is 10.1. The van der Waals surface area contributed by atoms with E-state index in [0.29, 0.717) is 6.61 Å². The first kappa shape index (κ1) is 13.5. The number of aromatic nitrogens is 1. The molecule has 0 aliphatic heterocycles. The summed E-state index contributed by atoms with van der Waals surface area (Å²) in [5.74, 6) is 0.878. The van der Waals surface area contributed by atoms with E-state index in [1.165, 1.54) is 0 Å². The van der Waals surface area contributed by atoms with Crippen LogP contribution in [0.15, 0.2) is 33.6 Å². The molecule has 5 heteroatoms. The molecule has 0 aliphatic rings. The van der Waals surface area contributed by atoms with E-state index in [-0.39, 0.29) is 6.04 Å². The Morgan fingerprint density at radius 3 is 3.00 bits per heavy atom. The highest BCUT2D eigenvalue weighted by atomic mass is 79.9. The highest BCUT2D eigenvalue weighted by molar-refractivity contribution is 9.10. The van der Waals surface area contributed by atoms with Crippen molar-refractivity contribution >= 4 is 27.3 Å². The lowest BCUT2D eigenvalue weighted by Gasteiger charge is -2.13. The van der Waals surface area contributed by atoms with Crippen molar-refractivity contribution in [1.82, 2.24) is 4.98 Å². The van der Waals surface area contributed by atoms with E-state index in [1.54, 1.807) is 11.3 Å². The van der Waals surface area contributed by atoms with Gasteiger partial charge in [0, 0.05) is 15.9 Å². The maximum absolute atomic E-state index is 5.85. The van der Waals surface area contributed by atoms with Gasteiger partial charge in [-0.05, 0) is 37.1 Å². The molecule has 0 fully saturated rings. The standard InChI is InChI=1S/C13H15BrN2OS/c1-9(15)4-10-5-11(14)2-3-13(10)17-6-12-7-18-8-16-12/h2-3,5,7-9H,4,6,15H2,1H3. The first-order valence-electron chi connectivity index (χ1n) is 5.69. The van der Waals surface area contributed by atoms with Gasteiger partial charge in [-0.25, -0.2) is 4.98 Å². The van der Waals surface area contributed by atoms with Crippen molar-refractivity contribution in [3.63, 3.8) is 0 Å². The van der Waals surface area contributed by atoms with Gasteiger partial charge in [-0.2, -0.15) is 0 Å². The van der Waals surface area contributed by atoms with Crippen LogP contribution in [0.1, 0.15) is 18.2 Å². The van der Waals surface area contributed by atoms with Crippen LogP contribution < -0.4 is 10.5 Å². The fourth-order valence-corrected chi connectivity index (χ4v) is 2.61. The second-order valence-corrected chi connectivity index (χ2v) is 5.84. The van der Waals surface area contributed by atoms with Crippen LogP contribution in [-0.4, -0.2) is 11.0 Å². The average Bonchev–Trinajstić information content (AvgIpc) is 2.80. The fourth-order valence-electron chi connectivity index (χ4n) is 1.66. The maximum Gasteiger partial charge on any atom is 0.131 e. The van der Waals surface area contributed by atoms with Crippen LogP contribution in [0.25, 0.3) is 0 Å². The molecule has 0 bridgehead atoms. The molecule has 1 aromatic carbocycles. The molecule has 1 unspecified atom stereocenters. The molecule has 0 saturated heterocycles. The number of halogens is 1. The van der Waals surface area contributed by atoms with E-state index < -0.39 is 0 Å². The van der Waals surface area contributed by atoms with Crippen LogP contribution in [0.3, 0.4) is 0 Å². The second-order valence-electron chi connectivity index (χ2n) is 4.20. The Bertz CT molecular complexity index is 500.